The monoisotopic (exact) mass is 286 g/mol. The molecule has 0 aliphatic rings. The number of benzene rings is 2. The van der Waals surface area contributed by atoms with Gasteiger partial charge in [-0.05, 0) is 34.5 Å². The maximum atomic E-state index is 12.3. The Labute approximate surface area is 120 Å². The highest BCUT2D eigenvalue weighted by Crippen LogP contribution is 2.27. The van der Waals surface area contributed by atoms with Crippen molar-refractivity contribution in [3.05, 3.63) is 70.1 Å². The van der Waals surface area contributed by atoms with Crippen molar-refractivity contribution in [3.8, 4) is 0 Å². The fraction of sp³-hybridized carbons (Fsp3) is 0.0625. The normalized spacial score (nSPS) is 10.8. The summed E-state index contributed by atoms with van der Waals surface area (Å²) in [4.78, 5) is 12.3. The number of Topliss-reactive ketones (excluding diaryl/α,β-unsaturated/α-hetero) is 1. The molecule has 0 fully saturated rings. The Balaban J connectivity index is 1.94. The molecule has 0 N–H and O–H groups in total. The smallest absolute Gasteiger partial charge is 0.168 e. The van der Waals surface area contributed by atoms with Crippen molar-refractivity contribution in [2.45, 2.75) is 6.42 Å². The first-order valence-corrected chi connectivity index (χ1v) is 7.24. The quantitative estimate of drug-likeness (QED) is 0.621. The topological polar surface area (TPSA) is 17.1 Å². The van der Waals surface area contributed by atoms with Crippen LogP contribution >= 0.6 is 22.9 Å². The van der Waals surface area contributed by atoms with Crippen LogP contribution in [0.2, 0.25) is 5.02 Å². The summed E-state index contributed by atoms with van der Waals surface area (Å²) in [6.07, 6.45) is 0.397. The number of halogens is 1. The summed E-state index contributed by atoms with van der Waals surface area (Å²) in [6, 6.07) is 15.3. The van der Waals surface area contributed by atoms with Gasteiger partial charge < -0.3 is 0 Å². The van der Waals surface area contributed by atoms with E-state index in [1.165, 1.54) is 4.70 Å². The third-order valence-corrected chi connectivity index (χ3v) is 4.43. The predicted octanol–water partition coefficient (Wildman–Crippen LogP) is 4.98. The summed E-state index contributed by atoms with van der Waals surface area (Å²) in [5.74, 6) is 0.0640. The average molecular weight is 287 g/mol. The van der Waals surface area contributed by atoms with Gasteiger partial charge in [-0.1, -0.05) is 41.9 Å². The zero-order chi connectivity index (χ0) is 13.2. The molecular formula is C16H11ClOS. The molecule has 3 heteroatoms. The molecule has 0 aliphatic carbocycles. The van der Waals surface area contributed by atoms with Gasteiger partial charge in [0.05, 0.1) is 5.02 Å². The van der Waals surface area contributed by atoms with Crippen LogP contribution in [0.3, 0.4) is 0 Å². The minimum atomic E-state index is 0.0640. The van der Waals surface area contributed by atoms with Crippen molar-refractivity contribution in [3.63, 3.8) is 0 Å². The minimum absolute atomic E-state index is 0.0640. The molecule has 3 aromatic rings. The molecule has 0 saturated carbocycles. The molecule has 0 radical (unpaired) electrons. The van der Waals surface area contributed by atoms with E-state index in [4.69, 9.17) is 11.6 Å². The van der Waals surface area contributed by atoms with E-state index in [0.29, 0.717) is 17.0 Å². The summed E-state index contributed by atoms with van der Waals surface area (Å²) < 4.78 is 1.21. The van der Waals surface area contributed by atoms with Gasteiger partial charge in [-0.25, -0.2) is 0 Å². The van der Waals surface area contributed by atoms with E-state index in [-0.39, 0.29) is 5.78 Å². The molecule has 0 bridgehead atoms. The second-order valence-electron chi connectivity index (χ2n) is 4.34. The maximum absolute atomic E-state index is 12.3. The van der Waals surface area contributed by atoms with Gasteiger partial charge in [0.25, 0.3) is 0 Å². The summed E-state index contributed by atoms with van der Waals surface area (Å²) in [5, 5.41) is 3.74. The molecule has 1 heterocycles. The molecule has 2 aromatic carbocycles. The summed E-state index contributed by atoms with van der Waals surface area (Å²) in [7, 11) is 0. The van der Waals surface area contributed by atoms with Gasteiger partial charge in [-0.3, -0.25) is 4.79 Å². The van der Waals surface area contributed by atoms with Crippen LogP contribution in [0.1, 0.15) is 15.9 Å². The molecule has 0 aliphatic heterocycles. The molecule has 0 spiro atoms. The van der Waals surface area contributed by atoms with Gasteiger partial charge in [0, 0.05) is 16.7 Å². The fourth-order valence-corrected chi connectivity index (χ4v) is 3.33. The average Bonchev–Trinajstić information content (AvgIpc) is 2.83. The van der Waals surface area contributed by atoms with Gasteiger partial charge >= 0.3 is 0 Å². The zero-order valence-corrected chi connectivity index (χ0v) is 11.7. The Morgan fingerprint density at radius 3 is 2.63 bits per heavy atom. The Morgan fingerprint density at radius 1 is 1.05 bits per heavy atom. The lowest BCUT2D eigenvalue weighted by molar-refractivity contribution is 0.0993. The number of rotatable bonds is 3. The molecule has 0 amide bonds. The molecule has 0 unspecified atom stereocenters. The Hall–Kier alpha value is -1.64. The summed E-state index contributed by atoms with van der Waals surface area (Å²) >= 11 is 7.73. The van der Waals surface area contributed by atoms with Gasteiger partial charge in [0.15, 0.2) is 5.78 Å². The Kier molecular flexibility index (Phi) is 3.36. The van der Waals surface area contributed by atoms with Gasteiger partial charge in [0.1, 0.15) is 0 Å². The lowest BCUT2D eigenvalue weighted by Gasteiger charge is -2.02. The van der Waals surface area contributed by atoms with Gasteiger partial charge in [-0.15, -0.1) is 11.3 Å². The Bertz CT molecular complexity index is 745. The zero-order valence-electron chi connectivity index (χ0n) is 10.1. The highest BCUT2D eigenvalue weighted by atomic mass is 35.5. The van der Waals surface area contributed by atoms with Gasteiger partial charge in [0.2, 0.25) is 0 Å². The van der Waals surface area contributed by atoms with Crippen LogP contribution in [-0.2, 0) is 6.42 Å². The highest BCUT2D eigenvalue weighted by molar-refractivity contribution is 7.17. The second-order valence-corrected chi connectivity index (χ2v) is 5.66. The third kappa shape index (κ3) is 2.42. The van der Waals surface area contributed by atoms with E-state index in [2.05, 4.69) is 17.5 Å². The largest absolute Gasteiger partial charge is 0.294 e. The van der Waals surface area contributed by atoms with E-state index in [1.807, 2.05) is 24.3 Å². The first kappa shape index (κ1) is 12.4. The van der Waals surface area contributed by atoms with Crippen LogP contribution in [-0.4, -0.2) is 5.78 Å². The van der Waals surface area contributed by atoms with E-state index in [1.54, 1.807) is 23.5 Å². The van der Waals surface area contributed by atoms with Crippen molar-refractivity contribution < 1.29 is 4.79 Å². The number of carbonyl (C=O) groups excluding carboxylic acids is 1. The van der Waals surface area contributed by atoms with Crippen molar-refractivity contribution >= 4 is 38.8 Å². The van der Waals surface area contributed by atoms with E-state index in [9.17, 15) is 4.79 Å². The maximum Gasteiger partial charge on any atom is 0.168 e. The third-order valence-electron chi connectivity index (χ3n) is 3.09. The summed E-state index contributed by atoms with van der Waals surface area (Å²) in [6.45, 7) is 0. The number of hydrogen-bond donors (Lipinski definition) is 0. The van der Waals surface area contributed by atoms with Crippen LogP contribution in [0.5, 0.6) is 0 Å². The van der Waals surface area contributed by atoms with Crippen LogP contribution in [0.15, 0.2) is 53.9 Å². The SMILES string of the molecule is O=C(Cc1csc2ccccc12)c1ccccc1Cl. The van der Waals surface area contributed by atoms with Crippen LogP contribution < -0.4 is 0 Å². The molecule has 19 heavy (non-hydrogen) atoms. The Morgan fingerprint density at radius 2 is 1.79 bits per heavy atom. The first-order chi connectivity index (χ1) is 9.25. The van der Waals surface area contributed by atoms with Crippen LogP contribution in [0.25, 0.3) is 10.1 Å². The minimum Gasteiger partial charge on any atom is -0.294 e. The van der Waals surface area contributed by atoms with Crippen molar-refractivity contribution in [2.24, 2.45) is 0 Å². The van der Waals surface area contributed by atoms with Crippen LogP contribution in [0, 0.1) is 0 Å². The molecule has 1 nitrogen and oxygen atoms in total. The van der Waals surface area contributed by atoms with Crippen molar-refractivity contribution in [1.29, 1.82) is 0 Å². The number of carbonyl (C=O) groups is 1. The van der Waals surface area contributed by atoms with Crippen molar-refractivity contribution in [1.82, 2.24) is 0 Å². The lowest BCUT2D eigenvalue weighted by atomic mass is 10.0. The predicted molar refractivity (Wildman–Crippen MR) is 81.3 cm³/mol. The molecule has 0 saturated heterocycles. The molecule has 0 atom stereocenters. The molecule has 94 valence electrons. The van der Waals surface area contributed by atoms with E-state index < -0.39 is 0 Å². The highest BCUT2D eigenvalue weighted by Gasteiger charge is 2.13. The standard InChI is InChI=1S/C16H11ClOS/c17-14-7-3-1-6-13(14)15(18)9-11-10-19-16-8-4-2-5-12(11)16/h1-8,10H,9H2. The summed E-state index contributed by atoms with van der Waals surface area (Å²) in [5.41, 5.74) is 1.67. The molecular weight excluding hydrogens is 276 g/mol. The van der Waals surface area contributed by atoms with E-state index in [0.717, 1.165) is 10.9 Å². The lowest BCUT2D eigenvalue weighted by Crippen LogP contribution is -2.03. The molecule has 3 rings (SSSR count). The first-order valence-electron chi connectivity index (χ1n) is 5.98. The van der Waals surface area contributed by atoms with E-state index >= 15 is 0 Å². The number of fused-ring (bicyclic) bond motifs is 1. The number of ketones is 1. The molecule has 1 aromatic heterocycles. The number of hydrogen-bond acceptors (Lipinski definition) is 2. The number of thiophene rings is 1. The van der Waals surface area contributed by atoms with Gasteiger partial charge in [-0.2, -0.15) is 0 Å². The fourth-order valence-electron chi connectivity index (χ4n) is 2.13. The second kappa shape index (κ2) is 5.16. The van der Waals surface area contributed by atoms with Crippen molar-refractivity contribution in [2.75, 3.05) is 0 Å². The van der Waals surface area contributed by atoms with Crippen LogP contribution in [0.4, 0.5) is 0 Å².